The van der Waals surface area contributed by atoms with Crippen molar-refractivity contribution in [3.05, 3.63) is 46.2 Å². The van der Waals surface area contributed by atoms with E-state index >= 15 is 0 Å². The van der Waals surface area contributed by atoms with E-state index in [2.05, 4.69) is 35.7 Å². The van der Waals surface area contributed by atoms with E-state index in [1.54, 1.807) is 11.3 Å². The van der Waals surface area contributed by atoms with Gasteiger partial charge in [0.25, 0.3) is 0 Å². The summed E-state index contributed by atoms with van der Waals surface area (Å²) in [5.74, 6) is 0.825. The van der Waals surface area contributed by atoms with Crippen molar-refractivity contribution in [2.45, 2.75) is 31.7 Å². The summed E-state index contributed by atoms with van der Waals surface area (Å²) < 4.78 is 0. The second kappa shape index (κ2) is 4.63. The van der Waals surface area contributed by atoms with Crippen LogP contribution in [-0.4, -0.2) is 0 Å². The average molecular weight is 243 g/mol. The van der Waals surface area contributed by atoms with Crippen LogP contribution in [0, 0.1) is 0 Å². The maximum absolute atomic E-state index is 5.64. The maximum Gasteiger partial charge on any atom is 0.0274 e. The lowest BCUT2D eigenvalue weighted by molar-refractivity contribution is 0.420. The van der Waals surface area contributed by atoms with Crippen molar-refractivity contribution in [2.75, 3.05) is 0 Å². The normalized spacial score (nSPS) is 15.8. The number of hydrogen-bond donors (Lipinski definition) is 1. The largest absolute Gasteiger partial charge is 0.326 e. The molecule has 1 aliphatic carbocycles. The summed E-state index contributed by atoms with van der Waals surface area (Å²) in [6, 6.07) is 11.3. The highest BCUT2D eigenvalue weighted by atomic mass is 32.1. The van der Waals surface area contributed by atoms with Crippen LogP contribution in [-0.2, 0) is 6.54 Å². The molecule has 3 rings (SSSR count). The fraction of sp³-hybridized carbons (Fsp3) is 0.333. The van der Waals surface area contributed by atoms with Gasteiger partial charge in [-0.15, -0.1) is 11.3 Å². The van der Waals surface area contributed by atoms with Crippen molar-refractivity contribution < 1.29 is 0 Å². The van der Waals surface area contributed by atoms with Crippen LogP contribution in [0.1, 0.15) is 35.6 Å². The monoisotopic (exact) mass is 243 g/mol. The highest BCUT2D eigenvalue weighted by molar-refractivity contribution is 7.10. The predicted octanol–water partition coefficient (Wildman–Crippen LogP) is 4.14. The van der Waals surface area contributed by atoms with Crippen LogP contribution in [0.3, 0.4) is 0 Å². The van der Waals surface area contributed by atoms with Crippen LogP contribution < -0.4 is 5.73 Å². The molecule has 0 amide bonds. The van der Waals surface area contributed by atoms with Gasteiger partial charge in [0.2, 0.25) is 0 Å². The third-order valence-corrected chi connectivity index (χ3v) is 4.63. The molecule has 0 saturated heterocycles. The Kier molecular flexibility index (Phi) is 3.00. The van der Waals surface area contributed by atoms with E-state index in [4.69, 9.17) is 5.73 Å². The first-order valence-electron chi connectivity index (χ1n) is 6.24. The Labute approximate surface area is 106 Å². The van der Waals surface area contributed by atoms with E-state index in [-0.39, 0.29) is 0 Å². The molecule has 1 aromatic carbocycles. The molecule has 1 fully saturated rings. The molecular weight excluding hydrogens is 226 g/mol. The van der Waals surface area contributed by atoms with Gasteiger partial charge in [-0.05, 0) is 46.9 Å². The highest BCUT2D eigenvalue weighted by Gasteiger charge is 2.18. The van der Waals surface area contributed by atoms with Gasteiger partial charge < -0.3 is 5.73 Å². The highest BCUT2D eigenvalue weighted by Crippen LogP contribution is 2.37. The molecule has 1 saturated carbocycles. The fourth-order valence-electron chi connectivity index (χ4n) is 2.33. The molecule has 0 atom stereocenters. The third-order valence-electron chi connectivity index (χ3n) is 3.68. The van der Waals surface area contributed by atoms with E-state index in [1.165, 1.54) is 40.8 Å². The molecule has 88 valence electrons. The molecule has 2 aromatic rings. The van der Waals surface area contributed by atoms with Gasteiger partial charge in [0.1, 0.15) is 0 Å². The van der Waals surface area contributed by atoms with E-state index in [1.807, 2.05) is 0 Å². The van der Waals surface area contributed by atoms with Crippen molar-refractivity contribution in [3.63, 3.8) is 0 Å². The number of nitrogens with two attached hydrogens (primary N) is 1. The van der Waals surface area contributed by atoms with Gasteiger partial charge in [-0.1, -0.05) is 30.7 Å². The third kappa shape index (κ3) is 2.15. The molecule has 1 heterocycles. The van der Waals surface area contributed by atoms with Crippen LogP contribution >= 0.6 is 11.3 Å². The first kappa shape index (κ1) is 11.0. The topological polar surface area (TPSA) is 26.0 Å². The summed E-state index contributed by atoms with van der Waals surface area (Å²) in [6.07, 6.45) is 4.14. The molecule has 2 heteroatoms. The van der Waals surface area contributed by atoms with Gasteiger partial charge in [-0.2, -0.15) is 0 Å². The Morgan fingerprint density at radius 1 is 1.12 bits per heavy atom. The van der Waals surface area contributed by atoms with E-state index in [9.17, 15) is 0 Å². The standard InChI is InChI=1S/C15H17NS/c16-9-15-8-14(10-17-15)13-6-4-12(5-7-13)11-2-1-3-11/h4-8,10-11H,1-3,9,16H2. The van der Waals surface area contributed by atoms with Crippen LogP contribution in [0.4, 0.5) is 0 Å². The van der Waals surface area contributed by atoms with Gasteiger partial charge in [0.05, 0.1) is 0 Å². The summed E-state index contributed by atoms with van der Waals surface area (Å²) in [4.78, 5) is 1.25. The van der Waals surface area contributed by atoms with Crippen LogP contribution in [0.15, 0.2) is 35.7 Å². The summed E-state index contributed by atoms with van der Waals surface area (Å²) in [7, 11) is 0. The average Bonchev–Trinajstić information content (AvgIpc) is 2.76. The Hall–Kier alpha value is -1.12. The minimum Gasteiger partial charge on any atom is -0.326 e. The van der Waals surface area contributed by atoms with Crippen LogP contribution in [0.2, 0.25) is 0 Å². The van der Waals surface area contributed by atoms with Crippen molar-refractivity contribution in [3.8, 4) is 11.1 Å². The van der Waals surface area contributed by atoms with E-state index < -0.39 is 0 Å². The maximum atomic E-state index is 5.64. The summed E-state index contributed by atoms with van der Waals surface area (Å²) in [6.45, 7) is 0.644. The molecule has 2 N–H and O–H groups in total. The zero-order valence-corrected chi connectivity index (χ0v) is 10.7. The lowest BCUT2D eigenvalue weighted by Gasteiger charge is -2.25. The molecule has 0 spiro atoms. The number of rotatable bonds is 3. The lowest BCUT2D eigenvalue weighted by atomic mass is 9.80. The smallest absolute Gasteiger partial charge is 0.0274 e. The van der Waals surface area contributed by atoms with Gasteiger partial charge in [0.15, 0.2) is 0 Å². The fourth-order valence-corrected chi connectivity index (χ4v) is 3.10. The Morgan fingerprint density at radius 2 is 1.88 bits per heavy atom. The number of benzene rings is 1. The summed E-state index contributed by atoms with van der Waals surface area (Å²) in [5, 5.41) is 2.19. The molecule has 0 radical (unpaired) electrons. The molecule has 0 aliphatic heterocycles. The van der Waals surface area contributed by atoms with Crippen molar-refractivity contribution in [2.24, 2.45) is 5.73 Å². The van der Waals surface area contributed by atoms with E-state index in [0.717, 1.165) is 5.92 Å². The molecule has 0 unspecified atom stereocenters. The second-order valence-electron chi connectivity index (χ2n) is 4.76. The summed E-state index contributed by atoms with van der Waals surface area (Å²) in [5.41, 5.74) is 9.76. The molecule has 1 aliphatic rings. The number of thiophene rings is 1. The number of hydrogen-bond acceptors (Lipinski definition) is 2. The summed E-state index contributed by atoms with van der Waals surface area (Å²) >= 11 is 1.75. The molecule has 17 heavy (non-hydrogen) atoms. The van der Waals surface area contributed by atoms with Crippen LogP contribution in [0.5, 0.6) is 0 Å². The molecule has 0 bridgehead atoms. The first-order chi connectivity index (χ1) is 8.36. The zero-order chi connectivity index (χ0) is 11.7. The van der Waals surface area contributed by atoms with Crippen molar-refractivity contribution in [1.29, 1.82) is 0 Å². The molecule has 1 aromatic heterocycles. The van der Waals surface area contributed by atoms with Gasteiger partial charge in [0, 0.05) is 11.4 Å². The lowest BCUT2D eigenvalue weighted by Crippen LogP contribution is -2.08. The Bertz CT molecular complexity index is 494. The Balaban J connectivity index is 1.83. The van der Waals surface area contributed by atoms with Crippen LogP contribution in [0.25, 0.3) is 11.1 Å². The molecular formula is C15H17NS. The van der Waals surface area contributed by atoms with Crippen molar-refractivity contribution in [1.82, 2.24) is 0 Å². The molecule has 1 nitrogen and oxygen atoms in total. The zero-order valence-electron chi connectivity index (χ0n) is 9.86. The Morgan fingerprint density at radius 3 is 2.41 bits per heavy atom. The van der Waals surface area contributed by atoms with E-state index in [0.29, 0.717) is 6.54 Å². The van der Waals surface area contributed by atoms with Crippen molar-refractivity contribution >= 4 is 11.3 Å². The van der Waals surface area contributed by atoms with Gasteiger partial charge in [-0.3, -0.25) is 0 Å². The predicted molar refractivity (Wildman–Crippen MR) is 74.2 cm³/mol. The minimum atomic E-state index is 0.644. The second-order valence-corrected chi connectivity index (χ2v) is 5.75. The first-order valence-corrected chi connectivity index (χ1v) is 7.12. The quantitative estimate of drug-likeness (QED) is 0.861. The van der Waals surface area contributed by atoms with Gasteiger partial charge in [-0.25, -0.2) is 0 Å². The van der Waals surface area contributed by atoms with Gasteiger partial charge >= 0.3 is 0 Å². The minimum absolute atomic E-state index is 0.644. The SMILES string of the molecule is NCc1cc(-c2ccc(C3CCC3)cc2)cs1.